The van der Waals surface area contributed by atoms with Crippen LogP contribution in [0.15, 0.2) is 0 Å². The molecule has 0 aliphatic rings. The van der Waals surface area contributed by atoms with E-state index in [0.29, 0.717) is 6.54 Å². The average molecular weight is 211 g/mol. The summed E-state index contributed by atoms with van der Waals surface area (Å²) < 4.78 is 5.09. The third-order valence-electron chi connectivity index (χ3n) is 1.84. The molecule has 1 N–H and O–H groups in total. The van der Waals surface area contributed by atoms with Crippen LogP contribution in [0.5, 0.6) is 0 Å². The summed E-state index contributed by atoms with van der Waals surface area (Å²) in [6.45, 7) is 6.60. The van der Waals surface area contributed by atoms with Crippen LogP contribution in [0.4, 0.5) is 4.79 Å². The molecule has 0 bridgehead atoms. The Morgan fingerprint density at radius 1 is 1.36 bits per heavy atom. The van der Waals surface area contributed by atoms with Gasteiger partial charge >= 0.3 is 35.7 Å². The second-order valence-corrected chi connectivity index (χ2v) is 3.24. The molecule has 0 rings (SSSR count). The topological polar surface area (TPSA) is 38.3 Å². The number of rotatable bonds is 6. The van der Waals surface area contributed by atoms with Gasteiger partial charge in [0.05, 0.1) is 0 Å². The van der Waals surface area contributed by atoms with Gasteiger partial charge in [0.15, 0.2) is 0 Å². The number of hydrogen-bond donors (Lipinski definition) is 1. The minimum atomic E-state index is -0.300. The van der Waals surface area contributed by atoms with E-state index in [2.05, 4.69) is 12.2 Å². The quantitative estimate of drug-likeness (QED) is 0.539. The summed E-state index contributed by atoms with van der Waals surface area (Å²) in [4.78, 5) is 11.0. The Kier molecular flexibility index (Phi) is 13.5. The molecule has 0 aromatic heterocycles. The predicted molar refractivity (Wildman–Crippen MR) is 60.9 cm³/mol. The second-order valence-electron chi connectivity index (χ2n) is 3.24. The number of hydrogen-bond acceptors (Lipinski definition) is 2. The van der Waals surface area contributed by atoms with Crippen LogP contribution in [0.2, 0.25) is 0 Å². The van der Waals surface area contributed by atoms with Gasteiger partial charge in [-0.2, -0.15) is 0 Å². The van der Waals surface area contributed by atoms with Crippen LogP contribution in [0.1, 0.15) is 46.5 Å². The molecule has 0 fully saturated rings. The molecule has 0 spiro atoms. The zero-order chi connectivity index (χ0) is 10.1. The van der Waals surface area contributed by atoms with Crippen LogP contribution < -0.4 is 5.32 Å². The third-order valence-corrected chi connectivity index (χ3v) is 1.84. The van der Waals surface area contributed by atoms with Gasteiger partial charge in [0.25, 0.3) is 0 Å². The van der Waals surface area contributed by atoms with Gasteiger partial charge in [-0.1, -0.05) is 19.8 Å². The Morgan fingerprint density at radius 2 is 2.00 bits per heavy atom. The SMILES string of the molecule is CCCCCC(C)OC(=O)NCC.[NaH]. The van der Waals surface area contributed by atoms with Crippen molar-refractivity contribution in [3.05, 3.63) is 0 Å². The Morgan fingerprint density at radius 3 is 2.50 bits per heavy atom. The molecule has 4 heteroatoms. The number of amides is 1. The minimum absolute atomic E-state index is 0. The van der Waals surface area contributed by atoms with E-state index in [4.69, 9.17) is 4.74 Å². The maximum absolute atomic E-state index is 11.0. The van der Waals surface area contributed by atoms with Gasteiger partial charge in [-0.25, -0.2) is 4.79 Å². The molecule has 0 aliphatic carbocycles. The number of unbranched alkanes of at least 4 members (excludes halogenated alkanes) is 2. The normalized spacial score (nSPS) is 11.4. The van der Waals surface area contributed by atoms with Crippen LogP contribution in [-0.2, 0) is 4.74 Å². The molecule has 0 aliphatic heterocycles. The van der Waals surface area contributed by atoms with Crippen LogP contribution in [-0.4, -0.2) is 48.3 Å². The molecule has 80 valence electrons. The summed E-state index contributed by atoms with van der Waals surface area (Å²) >= 11 is 0. The van der Waals surface area contributed by atoms with E-state index in [1.54, 1.807) is 0 Å². The van der Waals surface area contributed by atoms with E-state index < -0.39 is 0 Å². The summed E-state index contributed by atoms with van der Waals surface area (Å²) in [5.74, 6) is 0. The van der Waals surface area contributed by atoms with E-state index in [1.807, 2.05) is 13.8 Å². The Bertz CT molecular complexity index is 142. The van der Waals surface area contributed by atoms with Crippen molar-refractivity contribution in [1.82, 2.24) is 5.32 Å². The molecule has 1 unspecified atom stereocenters. The molecule has 0 radical (unpaired) electrons. The van der Waals surface area contributed by atoms with Gasteiger partial charge in [-0.05, 0) is 26.7 Å². The van der Waals surface area contributed by atoms with E-state index in [1.165, 1.54) is 12.8 Å². The van der Waals surface area contributed by atoms with Gasteiger partial charge in [0, 0.05) is 6.54 Å². The van der Waals surface area contributed by atoms with Crippen molar-refractivity contribution in [2.24, 2.45) is 0 Å². The first-order valence-electron chi connectivity index (χ1n) is 5.15. The van der Waals surface area contributed by atoms with Crippen LogP contribution >= 0.6 is 0 Å². The van der Waals surface area contributed by atoms with E-state index in [0.717, 1.165) is 12.8 Å². The average Bonchev–Trinajstić information content (AvgIpc) is 2.05. The summed E-state index contributed by atoms with van der Waals surface area (Å²) in [5, 5.41) is 2.61. The van der Waals surface area contributed by atoms with Gasteiger partial charge in [-0.3, -0.25) is 0 Å². The van der Waals surface area contributed by atoms with E-state index in [9.17, 15) is 4.79 Å². The van der Waals surface area contributed by atoms with Gasteiger partial charge in [0.2, 0.25) is 0 Å². The number of carbonyl (C=O) groups excluding carboxylic acids is 1. The molecule has 14 heavy (non-hydrogen) atoms. The summed E-state index contributed by atoms with van der Waals surface area (Å²) in [6.07, 6.45) is 4.25. The fraction of sp³-hybridized carbons (Fsp3) is 0.900. The fourth-order valence-corrected chi connectivity index (χ4v) is 1.11. The molecule has 0 heterocycles. The summed E-state index contributed by atoms with van der Waals surface area (Å²) in [7, 11) is 0. The number of nitrogens with one attached hydrogen (secondary N) is 1. The van der Waals surface area contributed by atoms with Crippen molar-refractivity contribution >= 4 is 35.7 Å². The van der Waals surface area contributed by atoms with Crippen molar-refractivity contribution in [2.75, 3.05) is 6.54 Å². The first kappa shape index (κ1) is 16.7. The first-order valence-corrected chi connectivity index (χ1v) is 5.15. The van der Waals surface area contributed by atoms with Crippen molar-refractivity contribution < 1.29 is 9.53 Å². The first-order chi connectivity index (χ1) is 6.20. The van der Waals surface area contributed by atoms with Crippen LogP contribution in [0.25, 0.3) is 0 Å². The van der Waals surface area contributed by atoms with Crippen molar-refractivity contribution in [3.63, 3.8) is 0 Å². The standard InChI is InChI=1S/C10H21NO2.Na.H/c1-4-6-7-8-9(3)13-10(12)11-5-2;;/h9H,4-8H2,1-3H3,(H,11,12);;. The van der Waals surface area contributed by atoms with Crippen molar-refractivity contribution in [1.29, 1.82) is 0 Å². The molecule has 0 aromatic rings. The van der Waals surface area contributed by atoms with Crippen molar-refractivity contribution in [2.45, 2.75) is 52.6 Å². The Labute approximate surface area is 109 Å². The monoisotopic (exact) mass is 211 g/mol. The van der Waals surface area contributed by atoms with Crippen LogP contribution in [0.3, 0.4) is 0 Å². The van der Waals surface area contributed by atoms with Gasteiger partial charge in [-0.15, -0.1) is 0 Å². The van der Waals surface area contributed by atoms with Gasteiger partial charge < -0.3 is 10.1 Å². The third kappa shape index (κ3) is 10.4. The second kappa shape index (κ2) is 11.3. The van der Waals surface area contributed by atoms with Gasteiger partial charge in [0.1, 0.15) is 6.10 Å². The maximum atomic E-state index is 11.0. The molecule has 0 saturated carbocycles. The molecule has 1 atom stereocenters. The van der Waals surface area contributed by atoms with E-state index in [-0.39, 0.29) is 41.8 Å². The van der Waals surface area contributed by atoms with Crippen LogP contribution in [0, 0.1) is 0 Å². The predicted octanol–water partition coefficient (Wildman–Crippen LogP) is 2.05. The molecular formula is C10H22NNaO2. The number of carbonyl (C=O) groups is 1. The molecule has 0 saturated heterocycles. The van der Waals surface area contributed by atoms with Crippen molar-refractivity contribution in [3.8, 4) is 0 Å². The molecule has 1 amide bonds. The fourth-order valence-electron chi connectivity index (χ4n) is 1.11. The van der Waals surface area contributed by atoms with E-state index >= 15 is 0 Å². The molecule has 3 nitrogen and oxygen atoms in total. The zero-order valence-electron chi connectivity index (χ0n) is 8.93. The summed E-state index contributed by atoms with van der Waals surface area (Å²) in [6, 6.07) is 0. The molecule has 0 aromatic carbocycles. The zero-order valence-corrected chi connectivity index (χ0v) is 8.93. The molecular weight excluding hydrogens is 189 g/mol. The Hall–Kier alpha value is 0.270. The number of alkyl carbamates (subject to hydrolysis) is 1. The Balaban J connectivity index is 0. The summed E-state index contributed by atoms with van der Waals surface area (Å²) in [5.41, 5.74) is 0. The number of ether oxygens (including phenoxy) is 1.